The fourth-order valence-corrected chi connectivity index (χ4v) is 2.95. The summed E-state index contributed by atoms with van der Waals surface area (Å²) in [6, 6.07) is 8.25. The maximum atomic E-state index is 12.3. The smallest absolute Gasteiger partial charge is 0.272 e. The number of fused-ring (bicyclic) bond motifs is 1. The molecule has 0 saturated heterocycles. The number of aromatic nitrogens is 2. The summed E-state index contributed by atoms with van der Waals surface area (Å²) in [6.45, 7) is 2.98. The molecule has 22 heavy (non-hydrogen) atoms. The van der Waals surface area contributed by atoms with Gasteiger partial charge in [0, 0.05) is 24.3 Å². The number of amides is 1. The molecule has 0 spiro atoms. The SMILES string of the molecule is Cc1ccc(-n2nc(C(=O)NCCN)c3c2CCCC3)cc1. The molecule has 0 atom stereocenters. The fraction of sp³-hybridized carbons (Fsp3) is 0.412. The van der Waals surface area contributed by atoms with E-state index in [1.807, 2.05) is 4.68 Å². The number of carbonyl (C=O) groups is 1. The molecule has 1 aromatic carbocycles. The molecule has 0 aliphatic heterocycles. The first kappa shape index (κ1) is 14.8. The van der Waals surface area contributed by atoms with Crippen molar-refractivity contribution in [3.05, 3.63) is 46.8 Å². The molecule has 1 aromatic heterocycles. The first-order valence-corrected chi connectivity index (χ1v) is 7.87. The summed E-state index contributed by atoms with van der Waals surface area (Å²) in [6.07, 6.45) is 4.16. The van der Waals surface area contributed by atoms with Gasteiger partial charge < -0.3 is 11.1 Å². The van der Waals surface area contributed by atoms with Crippen LogP contribution in [0.3, 0.4) is 0 Å². The van der Waals surface area contributed by atoms with E-state index in [9.17, 15) is 4.79 Å². The van der Waals surface area contributed by atoms with Crippen LogP contribution in [0.4, 0.5) is 0 Å². The highest BCUT2D eigenvalue weighted by molar-refractivity contribution is 5.94. The summed E-state index contributed by atoms with van der Waals surface area (Å²) in [5, 5.41) is 7.44. The minimum absolute atomic E-state index is 0.116. The number of carbonyl (C=O) groups excluding carboxylic acids is 1. The van der Waals surface area contributed by atoms with Crippen LogP contribution in [0.2, 0.25) is 0 Å². The maximum Gasteiger partial charge on any atom is 0.272 e. The highest BCUT2D eigenvalue weighted by Crippen LogP contribution is 2.27. The van der Waals surface area contributed by atoms with E-state index in [4.69, 9.17) is 5.73 Å². The van der Waals surface area contributed by atoms with Gasteiger partial charge in [0.25, 0.3) is 5.91 Å². The first-order valence-electron chi connectivity index (χ1n) is 7.87. The quantitative estimate of drug-likeness (QED) is 0.903. The van der Waals surface area contributed by atoms with Gasteiger partial charge >= 0.3 is 0 Å². The number of nitrogens with zero attached hydrogens (tertiary/aromatic N) is 2. The molecule has 0 saturated carbocycles. The number of aryl methyl sites for hydroxylation is 1. The predicted octanol–water partition coefficient (Wildman–Crippen LogP) is 1.75. The number of rotatable bonds is 4. The molecular weight excluding hydrogens is 276 g/mol. The minimum Gasteiger partial charge on any atom is -0.349 e. The Morgan fingerprint density at radius 1 is 1.27 bits per heavy atom. The van der Waals surface area contributed by atoms with E-state index in [2.05, 4.69) is 41.6 Å². The van der Waals surface area contributed by atoms with Crippen molar-refractivity contribution in [2.75, 3.05) is 13.1 Å². The zero-order chi connectivity index (χ0) is 15.5. The van der Waals surface area contributed by atoms with Crippen LogP contribution in [-0.4, -0.2) is 28.8 Å². The Morgan fingerprint density at radius 3 is 2.73 bits per heavy atom. The lowest BCUT2D eigenvalue weighted by Crippen LogP contribution is -2.30. The standard InChI is InChI=1S/C17H22N4O/c1-12-6-8-13(9-7-12)21-15-5-3-2-4-14(15)16(20-21)17(22)19-11-10-18/h6-9H,2-5,10-11,18H2,1H3,(H,19,22). The van der Waals surface area contributed by atoms with Gasteiger partial charge in [-0.15, -0.1) is 0 Å². The van der Waals surface area contributed by atoms with E-state index in [0.29, 0.717) is 18.8 Å². The Labute approximate surface area is 130 Å². The van der Waals surface area contributed by atoms with Crippen LogP contribution in [0.5, 0.6) is 0 Å². The van der Waals surface area contributed by atoms with Crippen LogP contribution in [-0.2, 0) is 12.8 Å². The molecule has 0 fully saturated rings. The second-order valence-electron chi connectivity index (χ2n) is 5.77. The Bertz CT molecular complexity index is 673. The largest absolute Gasteiger partial charge is 0.349 e. The van der Waals surface area contributed by atoms with E-state index in [0.717, 1.165) is 36.9 Å². The second kappa shape index (κ2) is 6.32. The van der Waals surface area contributed by atoms with Gasteiger partial charge in [0.1, 0.15) is 0 Å². The molecule has 5 nitrogen and oxygen atoms in total. The lowest BCUT2D eigenvalue weighted by Gasteiger charge is -2.14. The van der Waals surface area contributed by atoms with Gasteiger partial charge in [-0.2, -0.15) is 5.10 Å². The van der Waals surface area contributed by atoms with E-state index >= 15 is 0 Å². The number of benzene rings is 1. The summed E-state index contributed by atoms with van der Waals surface area (Å²) in [5.74, 6) is -0.116. The Morgan fingerprint density at radius 2 is 2.00 bits per heavy atom. The summed E-state index contributed by atoms with van der Waals surface area (Å²) >= 11 is 0. The number of hydrogen-bond donors (Lipinski definition) is 2. The van der Waals surface area contributed by atoms with Crippen molar-refractivity contribution in [3.63, 3.8) is 0 Å². The van der Waals surface area contributed by atoms with Crippen LogP contribution in [0.15, 0.2) is 24.3 Å². The second-order valence-corrected chi connectivity index (χ2v) is 5.77. The molecule has 3 rings (SSSR count). The highest BCUT2D eigenvalue weighted by Gasteiger charge is 2.25. The monoisotopic (exact) mass is 298 g/mol. The third-order valence-corrected chi connectivity index (χ3v) is 4.10. The highest BCUT2D eigenvalue weighted by atomic mass is 16.1. The first-order chi connectivity index (χ1) is 10.7. The summed E-state index contributed by atoms with van der Waals surface area (Å²) in [5.41, 5.74) is 10.5. The van der Waals surface area contributed by atoms with E-state index in [-0.39, 0.29) is 5.91 Å². The van der Waals surface area contributed by atoms with Gasteiger partial charge in [0.2, 0.25) is 0 Å². The van der Waals surface area contributed by atoms with Crippen molar-refractivity contribution < 1.29 is 4.79 Å². The van der Waals surface area contributed by atoms with Crippen LogP contribution in [0.25, 0.3) is 5.69 Å². The lowest BCUT2D eigenvalue weighted by molar-refractivity contribution is 0.0948. The van der Waals surface area contributed by atoms with E-state index in [1.54, 1.807) is 0 Å². The van der Waals surface area contributed by atoms with Gasteiger partial charge in [-0.1, -0.05) is 17.7 Å². The van der Waals surface area contributed by atoms with Crippen molar-refractivity contribution in [2.24, 2.45) is 5.73 Å². The number of nitrogens with one attached hydrogen (secondary N) is 1. The summed E-state index contributed by atoms with van der Waals surface area (Å²) in [4.78, 5) is 12.3. The van der Waals surface area contributed by atoms with Gasteiger partial charge in [0.15, 0.2) is 5.69 Å². The molecule has 116 valence electrons. The molecule has 5 heteroatoms. The number of nitrogens with two attached hydrogens (primary N) is 1. The van der Waals surface area contributed by atoms with E-state index in [1.165, 1.54) is 11.3 Å². The van der Waals surface area contributed by atoms with Crippen molar-refractivity contribution in [3.8, 4) is 5.69 Å². The lowest BCUT2D eigenvalue weighted by atomic mass is 9.95. The van der Waals surface area contributed by atoms with Gasteiger partial charge in [0.05, 0.1) is 5.69 Å². The topological polar surface area (TPSA) is 72.9 Å². The average molecular weight is 298 g/mol. The molecule has 1 amide bonds. The van der Waals surface area contributed by atoms with Gasteiger partial charge in [-0.3, -0.25) is 4.79 Å². The normalized spacial score (nSPS) is 13.7. The van der Waals surface area contributed by atoms with Gasteiger partial charge in [-0.05, 0) is 44.7 Å². The molecule has 0 bridgehead atoms. The molecule has 1 aliphatic rings. The zero-order valence-corrected chi connectivity index (χ0v) is 12.9. The summed E-state index contributed by atoms with van der Waals surface area (Å²) in [7, 11) is 0. The molecular formula is C17H22N4O. The number of hydrogen-bond acceptors (Lipinski definition) is 3. The van der Waals surface area contributed by atoms with Crippen molar-refractivity contribution in [2.45, 2.75) is 32.6 Å². The van der Waals surface area contributed by atoms with Crippen molar-refractivity contribution >= 4 is 5.91 Å². The van der Waals surface area contributed by atoms with Crippen LogP contribution in [0, 0.1) is 6.92 Å². The fourth-order valence-electron chi connectivity index (χ4n) is 2.95. The molecule has 1 heterocycles. The van der Waals surface area contributed by atoms with Crippen LogP contribution < -0.4 is 11.1 Å². The zero-order valence-electron chi connectivity index (χ0n) is 12.9. The third-order valence-electron chi connectivity index (χ3n) is 4.10. The summed E-state index contributed by atoms with van der Waals surface area (Å²) < 4.78 is 1.94. The predicted molar refractivity (Wildman–Crippen MR) is 86.3 cm³/mol. The van der Waals surface area contributed by atoms with Gasteiger partial charge in [-0.25, -0.2) is 4.68 Å². The Kier molecular flexibility index (Phi) is 4.24. The Hall–Kier alpha value is -2.14. The van der Waals surface area contributed by atoms with Crippen LogP contribution in [0.1, 0.15) is 40.2 Å². The van der Waals surface area contributed by atoms with Crippen LogP contribution >= 0.6 is 0 Å². The Balaban J connectivity index is 2.02. The average Bonchev–Trinajstić information content (AvgIpc) is 2.93. The maximum absolute atomic E-state index is 12.3. The molecule has 3 N–H and O–H groups in total. The molecule has 2 aromatic rings. The molecule has 1 aliphatic carbocycles. The molecule has 0 unspecified atom stereocenters. The van der Waals surface area contributed by atoms with Crippen molar-refractivity contribution in [1.82, 2.24) is 15.1 Å². The van der Waals surface area contributed by atoms with E-state index < -0.39 is 0 Å². The van der Waals surface area contributed by atoms with Crippen molar-refractivity contribution in [1.29, 1.82) is 0 Å². The molecule has 0 radical (unpaired) electrons. The minimum atomic E-state index is -0.116. The third kappa shape index (κ3) is 2.76.